The summed E-state index contributed by atoms with van der Waals surface area (Å²) in [5.74, 6) is 0.0393. The highest BCUT2D eigenvalue weighted by Gasteiger charge is 2.13. The van der Waals surface area contributed by atoms with Gasteiger partial charge >= 0.3 is 5.69 Å². The molecule has 0 saturated carbocycles. The quantitative estimate of drug-likeness (QED) is 0.714. The van der Waals surface area contributed by atoms with Gasteiger partial charge in [-0.15, -0.1) is 0 Å². The van der Waals surface area contributed by atoms with Crippen LogP contribution in [0.1, 0.15) is 25.8 Å². The number of nitrogens with zero attached hydrogens (tertiary/aromatic N) is 2. The van der Waals surface area contributed by atoms with Gasteiger partial charge in [-0.3, -0.25) is 13.9 Å². The first-order chi connectivity index (χ1) is 12.0. The Morgan fingerprint density at radius 1 is 1.00 bits per heavy atom. The molecule has 3 rings (SSSR count). The van der Waals surface area contributed by atoms with Crippen molar-refractivity contribution in [1.82, 2.24) is 9.13 Å². The summed E-state index contributed by atoms with van der Waals surface area (Å²) in [7, 11) is 0. The van der Waals surface area contributed by atoms with Gasteiger partial charge in [0.1, 0.15) is 5.82 Å². The van der Waals surface area contributed by atoms with Crippen molar-refractivity contribution in [2.75, 3.05) is 0 Å². The monoisotopic (exact) mass is 340 g/mol. The van der Waals surface area contributed by atoms with Crippen molar-refractivity contribution in [2.45, 2.75) is 33.4 Å². The second-order valence-corrected chi connectivity index (χ2v) is 6.66. The molecule has 25 heavy (non-hydrogen) atoms. The van der Waals surface area contributed by atoms with Crippen molar-refractivity contribution >= 4 is 10.9 Å². The van der Waals surface area contributed by atoms with E-state index in [2.05, 4.69) is 13.8 Å². The molecule has 0 bridgehead atoms. The van der Waals surface area contributed by atoms with E-state index in [0.29, 0.717) is 28.9 Å². The first-order valence-corrected chi connectivity index (χ1v) is 8.44. The average molecular weight is 340 g/mol. The fraction of sp³-hybridized carbons (Fsp3) is 0.300. The number of aromatic nitrogens is 2. The van der Waals surface area contributed by atoms with Gasteiger partial charge in [0.25, 0.3) is 5.56 Å². The minimum absolute atomic E-state index is 0.221. The summed E-state index contributed by atoms with van der Waals surface area (Å²) >= 11 is 0. The van der Waals surface area contributed by atoms with Crippen LogP contribution in [0.2, 0.25) is 0 Å². The number of hydrogen-bond donors (Lipinski definition) is 0. The van der Waals surface area contributed by atoms with E-state index < -0.39 is 0 Å². The molecule has 0 saturated heterocycles. The molecule has 0 fully saturated rings. The van der Waals surface area contributed by atoms with E-state index in [1.54, 1.807) is 41.0 Å². The lowest BCUT2D eigenvalue weighted by molar-refractivity contribution is 0.485. The molecule has 2 aromatic carbocycles. The van der Waals surface area contributed by atoms with Crippen molar-refractivity contribution in [3.63, 3.8) is 0 Å². The van der Waals surface area contributed by atoms with E-state index in [1.807, 2.05) is 0 Å². The van der Waals surface area contributed by atoms with Crippen molar-refractivity contribution < 1.29 is 4.39 Å². The van der Waals surface area contributed by atoms with Gasteiger partial charge in [-0.1, -0.05) is 38.1 Å². The summed E-state index contributed by atoms with van der Waals surface area (Å²) in [6.45, 7) is 4.71. The lowest BCUT2D eigenvalue weighted by Crippen LogP contribution is -2.40. The molecule has 1 heterocycles. The SMILES string of the molecule is CC(C)CCn1c(=O)c2ccccc2n(Cc2cccc(F)c2)c1=O. The normalized spacial score (nSPS) is 11.4. The fourth-order valence-electron chi connectivity index (χ4n) is 2.93. The number of benzene rings is 2. The topological polar surface area (TPSA) is 44.0 Å². The van der Waals surface area contributed by atoms with Gasteiger partial charge in [-0.05, 0) is 42.2 Å². The Morgan fingerprint density at radius 3 is 2.48 bits per heavy atom. The second kappa shape index (κ2) is 7.05. The summed E-state index contributed by atoms with van der Waals surface area (Å²) in [4.78, 5) is 25.6. The first-order valence-electron chi connectivity index (χ1n) is 8.44. The minimum atomic E-state index is -0.353. The van der Waals surface area contributed by atoms with Crippen molar-refractivity contribution in [1.29, 1.82) is 0 Å². The number of fused-ring (bicyclic) bond motifs is 1. The Morgan fingerprint density at radius 2 is 1.76 bits per heavy atom. The Bertz CT molecular complexity index is 1020. The molecule has 0 aliphatic carbocycles. The van der Waals surface area contributed by atoms with E-state index in [9.17, 15) is 14.0 Å². The highest BCUT2D eigenvalue weighted by Crippen LogP contribution is 2.12. The van der Waals surface area contributed by atoms with E-state index in [1.165, 1.54) is 16.7 Å². The van der Waals surface area contributed by atoms with Crippen LogP contribution in [0.25, 0.3) is 10.9 Å². The third kappa shape index (κ3) is 3.55. The third-order valence-corrected chi connectivity index (χ3v) is 4.29. The lowest BCUT2D eigenvalue weighted by atomic mass is 10.1. The first kappa shape index (κ1) is 17.1. The van der Waals surface area contributed by atoms with Crippen LogP contribution in [0.4, 0.5) is 4.39 Å². The molecular weight excluding hydrogens is 319 g/mol. The van der Waals surface area contributed by atoms with Crippen LogP contribution in [-0.4, -0.2) is 9.13 Å². The molecule has 0 unspecified atom stereocenters. The average Bonchev–Trinajstić information content (AvgIpc) is 2.58. The van der Waals surface area contributed by atoms with Gasteiger partial charge in [0.2, 0.25) is 0 Å². The van der Waals surface area contributed by atoms with Crippen LogP contribution in [-0.2, 0) is 13.1 Å². The van der Waals surface area contributed by atoms with Crippen LogP contribution >= 0.6 is 0 Å². The zero-order valence-corrected chi connectivity index (χ0v) is 14.4. The largest absolute Gasteiger partial charge is 0.331 e. The number of hydrogen-bond acceptors (Lipinski definition) is 2. The van der Waals surface area contributed by atoms with E-state index in [-0.39, 0.29) is 23.6 Å². The number of rotatable bonds is 5. The molecule has 0 N–H and O–H groups in total. The zero-order valence-electron chi connectivity index (χ0n) is 14.4. The molecule has 0 atom stereocenters. The van der Waals surface area contributed by atoms with Crippen LogP contribution in [0.15, 0.2) is 58.1 Å². The maximum atomic E-state index is 13.5. The van der Waals surface area contributed by atoms with Crippen LogP contribution in [0.5, 0.6) is 0 Å². The summed E-state index contributed by atoms with van der Waals surface area (Å²) in [5.41, 5.74) is 0.634. The zero-order chi connectivity index (χ0) is 18.0. The van der Waals surface area contributed by atoms with Gasteiger partial charge in [0, 0.05) is 6.54 Å². The molecule has 0 amide bonds. The van der Waals surface area contributed by atoms with Gasteiger partial charge in [-0.25, -0.2) is 9.18 Å². The van der Waals surface area contributed by atoms with Crippen LogP contribution < -0.4 is 11.2 Å². The Balaban J connectivity index is 2.19. The Hall–Kier alpha value is -2.69. The van der Waals surface area contributed by atoms with Crippen molar-refractivity contribution in [3.05, 3.63) is 80.7 Å². The maximum Gasteiger partial charge on any atom is 0.331 e. The Kier molecular flexibility index (Phi) is 4.83. The molecule has 4 nitrogen and oxygen atoms in total. The van der Waals surface area contributed by atoms with Gasteiger partial charge in [0.15, 0.2) is 0 Å². The van der Waals surface area contributed by atoms with Gasteiger partial charge < -0.3 is 0 Å². The van der Waals surface area contributed by atoms with Gasteiger partial charge in [-0.2, -0.15) is 0 Å². The van der Waals surface area contributed by atoms with E-state index in [0.717, 1.165) is 6.42 Å². The predicted molar refractivity (Wildman–Crippen MR) is 97.4 cm³/mol. The molecule has 130 valence electrons. The van der Waals surface area contributed by atoms with Gasteiger partial charge in [0.05, 0.1) is 17.4 Å². The van der Waals surface area contributed by atoms with Crippen molar-refractivity contribution in [3.8, 4) is 0 Å². The molecule has 5 heteroatoms. The maximum absolute atomic E-state index is 13.5. The highest BCUT2D eigenvalue weighted by molar-refractivity contribution is 5.77. The lowest BCUT2D eigenvalue weighted by Gasteiger charge is -2.15. The number of para-hydroxylation sites is 1. The van der Waals surface area contributed by atoms with Crippen LogP contribution in [0.3, 0.4) is 0 Å². The van der Waals surface area contributed by atoms with E-state index in [4.69, 9.17) is 0 Å². The highest BCUT2D eigenvalue weighted by atomic mass is 19.1. The molecule has 0 spiro atoms. The van der Waals surface area contributed by atoms with Crippen molar-refractivity contribution in [2.24, 2.45) is 5.92 Å². The summed E-state index contributed by atoms with van der Waals surface area (Å²) in [6.07, 6.45) is 0.744. The summed E-state index contributed by atoms with van der Waals surface area (Å²) in [6, 6.07) is 13.2. The second-order valence-electron chi connectivity index (χ2n) is 6.66. The molecule has 1 aromatic heterocycles. The minimum Gasteiger partial charge on any atom is -0.289 e. The summed E-state index contributed by atoms with van der Waals surface area (Å²) < 4.78 is 16.3. The predicted octanol–water partition coefficient (Wildman–Crippen LogP) is 3.40. The molecule has 0 radical (unpaired) electrons. The summed E-state index contributed by atoms with van der Waals surface area (Å²) in [5, 5.41) is 0.502. The molecule has 0 aliphatic heterocycles. The molecule has 3 aromatic rings. The number of halogens is 1. The molecular formula is C20H21FN2O2. The standard InChI is InChI=1S/C20H21FN2O2/c1-14(2)10-11-22-19(24)17-8-3-4-9-18(17)23(20(22)25)13-15-6-5-7-16(21)12-15/h3-9,12,14H,10-11,13H2,1-2H3. The molecule has 0 aliphatic rings. The third-order valence-electron chi connectivity index (χ3n) is 4.29. The smallest absolute Gasteiger partial charge is 0.289 e. The van der Waals surface area contributed by atoms with E-state index >= 15 is 0 Å². The Labute approximate surface area is 145 Å². The van der Waals surface area contributed by atoms with Crippen LogP contribution in [0, 0.1) is 11.7 Å². The fourth-order valence-corrected chi connectivity index (χ4v) is 2.93.